The number of nitrogens with two attached hydrogens (primary N) is 1. The van der Waals surface area contributed by atoms with E-state index in [-0.39, 0.29) is 22.4 Å². The van der Waals surface area contributed by atoms with Gasteiger partial charge in [0, 0.05) is 12.7 Å². The number of amides is 1. The molecule has 0 spiro atoms. The Morgan fingerprint density at radius 3 is 2.76 bits per heavy atom. The second kappa shape index (κ2) is 6.81. The molecule has 0 bridgehead atoms. The molecule has 1 aromatic heterocycles. The first-order valence-electron chi connectivity index (χ1n) is 7.84. The van der Waals surface area contributed by atoms with E-state index in [1.807, 2.05) is 18.2 Å². The number of ether oxygens (including phenoxy) is 1. The summed E-state index contributed by atoms with van der Waals surface area (Å²) in [5.74, 6) is 0.0135. The van der Waals surface area contributed by atoms with Gasteiger partial charge in [-0.05, 0) is 43.2 Å². The van der Waals surface area contributed by atoms with Gasteiger partial charge in [-0.1, -0.05) is 6.07 Å². The van der Waals surface area contributed by atoms with Crippen LogP contribution < -0.4 is 9.88 Å². The lowest BCUT2D eigenvalue weighted by molar-refractivity contribution is 0.0729. The van der Waals surface area contributed by atoms with Crippen molar-refractivity contribution in [3.8, 4) is 5.75 Å². The van der Waals surface area contributed by atoms with Crippen molar-refractivity contribution < 1.29 is 17.9 Å². The second-order valence-corrected chi connectivity index (χ2v) is 7.38. The van der Waals surface area contributed by atoms with Crippen LogP contribution in [0.1, 0.15) is 34.9 Å². The molecular formula is C17H19N3O4S. The highest BCUT2D eigenvalue weighted by molar-refractivity contribution is 7.89. The summed E-state index contributed by atoms with van der Waals surface area (Å²) >= 11 is 0. The predicted octanol–water partition coefficient (Wildman–Crippen LogP) is 1.71. The maximum absolute atomic E-state index is 13.1. The lowest BCUT2D eigenvalue weighted by atomic mass is 10.1. The predicted molar refractivity (Wildman–Crippen MR) is 91.6 cm³/mol. The number of carbonyl (C=O) groups is 1. The van der Waals surface area contributed by atoms with E-state index in [2.05, 4.69) is 4.98 Å². The molecule has 1 atom stereocenters. The molecule has 2 heterocycles. The number of nitrogens with zero attached hydrogens (tertiary/aromatic N) is 2. The Balaban J connectivity index is 1.99. The zero-order chi connectivity index (χ0) is 18.0. The lowest BCUT2D eigenvalue weighted by Gasteiger charge is -2.25. The standard InChI is InChI=1S/C17H19N3O4S/c1-24-16-8-7-12(25(18,22)23)11-13(16)17(21)20-10-4-6-15(20)14-5-2-3-9-19-14/h2-3,5,7-9,11,15H,4,6,10H2,1H3,(H2,18,22,23). The van der Waals surface area contributed by atoms with Gasteiger partial charge in [0.1, 0.15) is 5.75 Å². The van der Waals surface area contributed by atoms with Crippen LogP contribution in [0.15, 0.2) is 47.5 Å². The molecule has 1 fully saturated rings. The van der Waals surface area contributed by atoms with Gasteiger partial charge in [-0.25, -0.2) is 13.6 Å². The van der Waals surface area contributed by atoms with Crippen molar-refractivity contribution in [2.75, 3.05) is 13.7 Å². The molecule has 1 amide bonds. The largest absolute Gasteiger partial charge is 0.496 e. The third-order valence-electron chi connectivity index (χ3n) is 4.27. The van der Waals surface area contributed by atoms with E-state index in [1.54, 1.807) is 11.1 Å². The summed E-state index contributed by atoms with van der Waals surface area (Å²) in [4.78, 5) is 19.0. The molecule has 132 valence electrons. The number of rotatable bonds is 4. The summed E-state index contributed by atoms with van der Waals surface area (Å²) in [6.07, 6.45) is 3.35. The molecule has 1 saturated heterocycles. The maximum Gasteiger partial charge on any atom is 0.258 e. The number of primary sulfonamides is 1. The van der Waals surface area contributed by atoms with E-state index in [0.717, 1.165) is 18.5 Å². The van der Waals surface area contributed by atoms with Crippen LogP contribution in [0.25, 0.3) is 0 Å². The molecule has 3 rings (SSSR count). The fourth-order valence-corrected chi connectivity index (χ4v) is 3.62. The van der Waals surface area contributed by atoms with Gasteiger partial charge in [0.05, 0.1) is 29.3 Å². The Kier molecular flexibility index (Phi) is 4.73. The van der Waals surface area contributed by atoms with Crippen LogP contribution in [0.2, 0.25) is 0 Å². The van der Waals surface area contributed by atoms with Crippen molar-refractivity contribution in [1.29, 1.82) is 0 Å². The van der Waals surface area contributed by atoms with Crippen LogP contribution in [-0.4, -0.2) is 37.9 Å². The van der Waals surface area contributed by atoms with Crippen LogP contribution >= 0.6 is 0 Å². The molecule has 0 radical (unpaired) electrons. The van der Waals surface area contributed by atoms with Crippen molar-refractivity contribution in [3.63, 3.8) is 0 Å². The van der Waals surface area contributed by atoms with Crippen molar-refractivity contribution >= 4 is 15.9 Å². The highest BCUT2D eigenvalue weighted by atomic mass is 32.2. The van der Waals surface area contributed by atoms with E-state index >= 15 is 0 Å². The minimum Gasteiger partial charge on any atom is -0.496 e. The number of carbonyl (C=O) groups excluding carboxylic acids is 1. The van der Waals surface area contributed by atoms with Crippen LogP contribution in [0.4, 0.5) is 0 Å². The molecule has 25 heavy (non-hydrogen) atoms. The molecule has 0 saturated carbocycles. The SMILES string of the molecule is COc1ccc(S(N)(=O)=O)cc1C(=O)N1CCCC1c1ccccn1. The Morgan fingerprint density at radius 2 is 2.12 bits per heavy atom. The minimum atomic E-state index is -3.91. The average Bonchev–Trinajstić information content (AvgIpc) is 3.10. The summed E-state index contributed by atoms with van der Waals surface area (Å²) in [6, 6.07) is 9.48. The highest BCUT2D eigenvalue weighted by Crippen LogP contribution is 2.34. The molecule has 1 aromatic carbocycles. The number of hydrogen-bond acceptors (Lipinski definition) is 5. The van der Waals surface area contributed by atoms with Crippen molar-refractivity contribution in [2.45, 2.75) is 23.8 Å². The summed E-state index contributed by atoms with van der Waals surface area (Å²) in [5.41, 5.74) is 0.992. The Hall–Kier alpha value is -2.45. The quantitative estimate of drug-likeness (QED) is 0.893. The number of benzene rings is 1. The monoisotopic (exact) mass is 361 g/mol. The van der Waals surface area contributed by atoms with Gasteiger partial charge in [-0.3, -0.25) is 9.78 Å². The maximum atomic E-state index is 13.1. The molecule has 8 heteroatoms. The van der Waals surface area contributed by atoms with E-state index in [0.29, 0.717) is 12.3 Å². The summed E-state index contributed by atoms with van der Waals surface area (Å²) < 4.78 is 28.5. The minimum absolute atomic E-state index is 0.120. The molecule has 0 aliphatic carbocycles. The van der Waals surface area contributed by atoms with Crippen molar-refractivity contribution in [1.82, 2.24) is 9.88 Å². The van der Waals surface area contributed by atoms with Gasteiger partial charge in [0.25, 0.3) is 5.91 Å². The second-order valence-electron chi connectivity index (χ2n) is 5.82. The van der Waals surface area contributed by atoms with Gasteiger partial charge in [-0.15, -0.1) is 0 Å². The van der Waals surface area contributed by atoms with Crippen LogP contribution in [0, 0.1) is 0 Å². The average molecular weight is 361 g/mol. The molecule has 2 N–H and O–H groups in total. The van der Waals surface area contributed by atoms with E-state index in [9.17, 15) is 13.2 Å². The smallest absolute Gasteiger partial charge is 0.258 e. The molecule has 1 unspecified atom stereocenters. The third-order valence-corrected chi connectivity index (χ3v) is 5.18. The number of sulfonamides is 1. The number of aromatic nitrogens is 1. The van der Waals surface area contributed by atoms with E-state index in [1.165, 1.54) is 25.3 Å². The molecular weight excluding hydrogens is 342 g/mol. The van der Waals surface area contributed by atoms with Crippen LogP contribution in [0.3, 0.4) is 0 Å². The van der Waals surface area contributed by atoms with Crippen molar-refractivity contribution in [2.24, 2.45) is 5.14 Å². The van der Waals surface area contributed by atoms with Gasteiger partial charge in [0.2, 0.25) is 10.0 Å². The summed E-state index contributed by atoms with van der Waals surface area (Å²) in [5, 5.41) is 5.19. The number of hydrogen-bond donors (Lipinski definition) is 1. The number of pyridine rings is 1. The number of methoxy groups -OCH3 is 1. The first-order valence-corrected chi connectivity index (χ1v) is 9.39. The zero-order valence-electron chi connectivity index (χ0n) is 13.8. The van der Waals surface area contributed by atoms with Gasteiger partial charge in [0.15, 0.2) is 0 Å². The number of likely N-dealkylation sites (tertiary alicyclic amines) is 1. The highest BCUT2D eigenvalue weighted by Gasteiger charge is 2.33. The topological polar surface area (TPSA) is 103 Å². The zero-order valence-corrected chi connectivity index (χ0v) is 14.6. The summed E-state index contributed by atoms with van der Waals surface area (Å²) in [7, 11) is -2.48. The molecule has 2 aromatic rings. The molecule has 1 aliphatic rings. The van der Waals surface area contributed by atoms with E-state index in [4.69, 9.17) is 9.88 Å². The van der Waals surface area contributed by atoms with Crippen LogP contribution in [-0.2, 0) is 10.0 Å². The summed E-state index contributed by atoms with van der Waals surface area (Å²) in [6.45, 7) is 0.572. The Bertz CT molecular complexity index is 884. The van der Waals surface area contributed by atoms with E-state index < -0.39 is 10.0 Å². The first-order chi connectivity index (χ1) is 11.9. The van der Waals surface area contributed by atoms with Crippen LogP contribution in [0.5, 0.6) is 5.75 Å². The normalized spacial score (nSPS) is 17.5. The third kappa shape index (κ3) is 3.49. The Labute approximate surface area is 146 Å². The Morgan fingerprint density at radius 1 is 1.32 bits per heavy atom. The fraction of sp³-hybridized carbons (Fsp3) is 0.294. The van der Waals surface area contributed by atoms with Gasteiger partial charge >= 0.3 is 0 Å². The lowest BCUT2D eigenvalue weighted by Crippen LogP contribution is -2.31. The molecule has 1 aliphatic heterocycles. The van der Waals surface area contributed by atoms with Crippen molar-refractivity contribution in [3.05, 3.63) is 53.9 Å². The van der Waals surface area contributed by atoms with Gasteiger partial charge < -0.3 is 9.64 Å². The fourth-order valence-electron chi connectivity index (χ4n) is 3.08. The van der Waals surface area contributed by atoms with Gasteiger partial charge in [-0.2, -0.15) is 0 Å². The molecule has 7 nitrogen and oxygen atoms in total. The first kappa shape index (κ1) is 17.4.